The number of aliphatic carboxylic acids is 1. The minimum atomic E-state index is -4.25. The second-order valence-corrected chi connectivity index (χ2v) is 4.54. The van der Waals surface area contributed by atoms with E-state index in [-0.39, 0.29) is 5.92 Å². The van der Waals surface area contributed by atoms with E-state index in [1.807, 2.05) is 0 Å². The Morgan fingerprint density at radius 2 is 2.05 bits per heavy atom. The lowest BCUT2D eigenvalue weighted by molar-refractivity contribution is -0.140. The molecule has 2 atom stereocenters. The van der Waals surface area contributed by atoms with Crippen LogP contribution in [-0.4, -0.2) is 23.9 Å². The van der Waals surface area contributed by atoms with Gasteiger partial charge in [0.1, 0.15) is 5.75 Å². The molecule has 1 N–H and O–H groups in total. The van der Waals surface area contributed by atoms with E-state index in [1.165, 1.54) is 0 Å². The zero-order chi connectivity index (χ0) is 14.0. The van der Waals surface area contributed by atoms with Crippen molar-refractivity contribution in [2.75, 3.05) is 6.61 Å². The van der Waals surface area contributed by atoms with E-state index in [4.69, 9.17) is 9.84 Å². The molecular formula is C13H13F3O3. The van der Waals surface area contributed by atoms with Crippen LogP contribution in [0.4, 0.5) is 13.2 Å². The number of carboxylic acid groups (broad SMARTS) is 1. The zero-order valence-corrected chi connectivity index (χ0v) is 9.98. The van der Waals surface area contributed by atoms with Gasteiger partial charge in [0.2, 0.25) is 0 Å². The first-order chi connectivity index (χ1) is 8.88. The summed E-state index contributed by atoms with van der Waals surface area (Å²) in [6, 6.07) is 6.66. The van der Waals surface area contributed by atoms with Crippen LogP contribution in [0.1, 0.15) is 24.3 Å². The van der Waals surface area contributed by atoms with Gasteiger partial charge in [0, 0.05) is 5.92 Å². The summed E-state index contributed by atoms with van der Waals surface area (Å²) in [6.45, 7) is -0.453. The topological polar surface area (TPSA) is 46.5 Å². The van der Waals surface area contributed by atoms with Crippen molar-refractivity contribution in [3.8, 4) is 5.75 Å². The summed E-state index contributed by atoms with van der Waals surface area (Å²) in [5.41, 5.74) is 0.678. The van der Waals surface area contributed by atoms with Crippen LogP contribution in [0.5, 0.6) is 5.75 Å². The molecule has 1 fully saturated rings. The highest BCUT2D eigenvalue weighted by Gasteiger charge is 2.45. The standard InChI is InChI=1S/C13H13F3O3/c14-13(15,16)5-6-19-11-4-2-1-3-8(11)9-7-10(9)12(17)18/h1-4,9-10H,5-7H2,(H,17,18). The van der Waals surface area contributed by atoms with Crippen LogP contribution in [0.25, 0.3) is 0 Å². The smallest absolute Gasteiger partial charge is 0.392 e. The molecule has 1 aromatic rings. The van der Waals surface area contributed by atoms with Gasteiger partial charge in [-0.25, -0.2) is 0 Å². The Balaban J connectivity index is 2.00. The van der Waals surface area contributed by atoms with Gasteiger partial charge in [0.15, 0.2) is 0 Å². The summed E-state index contributed by atoms with van der Waals surface area (Å²) in [5.74, 6) is -1.14. The predicted molar refractivity (Wildman–Crippen MR) is 61.1 cm³/mol. The van der Waals surface area contributed by atoms with Crippen LogP contribution in [0.2, 0.25) is 0 Å². The first-order valence-electron chi connectivity index (χ1n) is 5.90. The molecule has 0 amide bonds. The van der Waals surface area contributed by atoms with Crippen molar-refractivity contribution >= 4 is 5.97 Å². The second-order valence-electron chi connectivity index (χ2n) is 4.54. The fourth-order valence-electron chi connectivity index (χ4n) is 2.01. The summed E-state index contributed by atoms with van der Waals surface area (Å²) in [7, 11) is 0. The third-order valence-electron chi connectivity index (χ3n) is 3.07. The van der Waals surface area contributed by atoms with Crippen molar-refractivity contribution in [1.29, 1.82) is 0 Å². The Labute approximate surface area is 108 Å². The van der Waals surface area contributed by atoms with Gasteiger partial charge in [-0.2, -0.15) is 13.2 Å². The van der Waals surface area contributed by atoms with E-state index in [9.17, 15) is 18.0 Å². The number of ether oxygens (including phenoxy) is 1. The van der Waals surface area contributed by atoms with Crippen molar-refractivity contribution < 1.29 is 27.8 Å². The molecule has 0 aliphatic heterocycles. The Kier molecular flexibility index (Phi) is 3.68. The van der Waals surface area contributed by atoms with Crippen LogP contribution in [-0.2, 0) is 4.79 Å². The van der Waals surface area contributed by atoms with E-state index in [1.54, 1.807) is 24.3 Å². The molecule has 1 aromatic carbocycles. The van der Waals surface area contributed by atoms with E-state index >= 15 is 0 Å². The first kappa shape index (κ1) is 13.7. The number of alkyl halides is 3. The maximum absolute atomic E-state index is 12.0. The number of hydrogen-bond acceptors (Lipinski definition) is 2. The Morgan fingerprint density at radius 1 is 1.37 bits per heavy atom. The molecule has 0 aromatic heterocycles. The maximum atomic E-state index is 12.0. The fraction of sp³-hybridized carbons (Fsp3) is 0.462. The molecular weight excluding hydrogens is 261 g/mol. The molecule has 3 nitrogen and oxygen atoms in total. The van der Waals surface area contributed by atoms with Crippen molar-refractivity contribution in [2.45, 2.75) is 24.9 Å². The van der Waals surface area contributed by atoms with Gasteiger partial charge < -0.3 is 9.84 Å². The fourth-order valence-corrected chi connectivity index (χ4v) is 2.01. The first-order valence-corrected chi connectivity index (χ1v) is 5.90. The highest BCUT2D eigenvalue weighted by atomic mass is 19.4. The molecule has 0 bridgehead atoms. The summed E-state index contributed by atoms with van der Waals surface area (Å²) in [5, 5.41) is 8.87. The molecule has 0 spiro atoms. The SMILES string of the molecule is O=C(O)C1CC1c1ccccc1OCCC(F)(F)F. The lowest BCUT2D eigenvalue weighted by Gasteiger charge is -2.12. The van der Waals surface area contributed by atoms with E-state index in [0.29, 0.717) is 17.7 Å². The molecule has 104 valence electrons. The highest BCUT2D eigenvalue weighted by molar-refractivity contribution is 5.75. The molecule has 1 saturated carbocycles. The summed E-state index contributed by atoms with van der Waals surface area (Å²) >= 11 is 0. The Morgan fingerprint density at radius 3 is 2.63 bits per heavy atom. The van der Waals surface area contributed by atoms with E-state index in [0.717, 1.165) is 0 Å². The summed E-state index contributed by atoms with van der Waals surface area (Å²) < 4.78 is 41.2. The minimum absolute atomic E-state index is 0.153. The van der Waals surface area contributed by atoms with Gasteiger partial charge in [0.05, 0.1) is 18.9 Å². The molecule has 1 aliphatic carbocycles. The van der Waals surface area contributed by atoms with Crippen molar-refractivity contribution in [1.82, 2.24) is 0 Å². The van der Waals surface area contributed by atoms with Crippen LogP contribution in [0, 0.1) is 5.92 Å². The van der Waals surface area contributed by atoms with Gasteiger partial charge >= 0.3 is 12.1 Å². The van der Waals surface area contributed by atoms with Gasteiger partial charge in [-0.1, -0.05) is 18.2 Å². The average Bonchev–Trinajstić information content (AvgIpc) is 3.08. The van der Waals surface area contributed by atoms with Crippen LogP contribution >= 0.6 is 0 Å². The van der Waals surface area contributed by atoms with Gasteiger partial charge in [-0.3, -0.25) is 4.79 Å². The molecule has 19 heavy (non-hydrogen) atoms. The summed E-state index contributed by atoms with van der Waals surface area (Å²) in [4.78, 5) is 10.8. The second kappa shape index (κ2) is 5.11. The lowest BCUT2D eigenvalue weighted by atomic mass is 10.1. The molecule has 0 heterocycles. The largest absolute Gasteiger partial charge is 0.493 e. The molecule has 2 rings (SSSR count). The number of halogens is 3. The third-order valence-corrected chi connectivity index (χ3v) is 3.07. The van der Waals surface area contributed by atoms with E-state index < -0.39 is 31.1 Å². The number of hydrogen-bond donors (Lipinski definition) is 1. The Bertz CT molecular complexity index is 470. The molecule has 0 saturated heterocycles. The van der Waals surface area contributed by atoms with Crippen molar-refractivity contribution in [2.24, 2.45) is 5.92 Å². The third kappa shape index (κ3) is 3.62. The highest BCUT2D eigenvalue weighted by Crippen LogP contribution is 2.50. The monoisotopic (exact) mass is 274 g/mol. The molecule has 2 unspecified atom stereocenters. The van der Waals surface area contributed by atoms with Gasteiger partial charge in [-0.05, 0) is 18.1 Å². The van der Waals surface area contributed by atoms with E-state index in [2.05, 4.69) is 0 Å². The van der Waals surface area contributed by atoms with Gasteiger partial charge in [-0.15, -0.1) is 0 Å². The van der Waals surface area contributed by atoms with Crippen LogP contribution in [0.15, 0.2) is 24.3 Å². The summed E-state index contributed by atoms with van der Waals surface area (Å²) in [6.07, 6.45) is -4.76. The Hall–Kier alpha value is -1.72. The van der Waals surface area contributed by atoms with Crippen LogP contribution in [0.3, 0.4) is 0 Å². The van der Waals surface area contributed by atoms with Crippen molar-refractivity contribution in [3.05, 3.63) is 29.8 Å². The number of para-hydroxylation sites is 1. The van der Waals surface area contributed by atoms with Crippen molar-refractivity contribution in [3.63, 3.8) is 0 Å². The lowest BCUT2D eigenvalue weighted by Crippen LogP contribution is -2.13. The number of rotatable bonds is 5. The number of benzene rings is 1. The average molecular weight is 274 g/mol. The number of carbonyl (C=O) groups is 1. The molecule has 0 radical (unpaired) electrons. The minimum Gasteiger partial charge on any atom is -0.493 e. The molecule has 6 heteroatoms. The van der Waals surface area contributed by atoms with Crippen LogP contribution < -0.4 is 4.74 Å². The zero-order valence-electron chi connectivity index (χ0n) is 9.98. The maximum Gasteiger partial charge on any atom is 0.392 e. The van der Waals surface area contributed by atoms with Gasteiger partial charge in [0.25, 0.3) is 0 Å². The number of carboxylic acids is 1. The predicted octanol–water partition coefficient (Wildman–Crippen LogP) is 3.21. The molecule has 1 aliphatic rings. The normalized spacial score (nSPS) is 22.1. The quantitative estimate of drug-likeness (QED) is 0.896.